The van der Waals surface area contributed by atoms with Gasteiger partial charge in [-0.05, 0) is 13.8 Å². The molecule has 1 aromatic rings. The minimum Gasteiger partial charge on any atom is -0.375 e. The third-order valence-electron chi connectivity index (χ3n) is 3.15. The van der Waals surface area contributed by atoms with Crippen molar-refractivity contribution in [2.24, 2.45) is 10.7 Å². The molecule has 0 aliphatic carbocycles. The number of hydrogen-bond acceptors (Lipinski definition) is 4. The van der Waals surface area contributed by atoms with Crippen molar-refractivity contribution in [2.45, 2.75) is 32.8 Å². The van der Waals surface area contributed by atoms with E-state index < -0.39 is 0 Å². The minimum absolute atomic E-state index is 0.224. The van der Waals surface area contributed by atoms with Crippen LogP contribution in [0.25, 0.3) is 0 Å². The molecule has 5 nitrogen and oxygen atoms in total. The molecule has 19 heavy (non-hydrogen) atoms. The summed E-state index contributed by atoms with van der Waals surface area (Å²) >= 11 is 1.69. The Morgan fingerprint density at radius 1 is 1.74 bits per heavy atom. The summed E-state index contributed by atoms with van der Waals surface area (Å²) in [4.78, 5) is 11.1. The highest BCUT2D eigenvalue weighted by molar-refractivity contribution is 7.09. The number of aryl methyl sites for hydroxylation is 1. The highest BCUT2D eigenvalue weighted by Crippen LogP contribution is 2.20. The SMILES string of the molecule is Cc1csc(C(C)CN=C(N)N2CCOC(C)C2)n1. The van der Waals surface area contributed by atoms with E-state index in [1.165, 1.54) is 0 Å². The molecule has 1 saturated heterocycles. The summed E-state index contributed by atoms with van der Waals surface area (Å²) in [5.41, 5.74) is 7.12. The molecule has 2 atom stereocenters. The van der Waals surface area contributed by atoms with E-state index in [1.807, 2.05) is 6.92 Å². The van der Waals surface area contributed by atoms with Crippen molar-refractivity contribution in [1.82, 2.24) is 9.88 Å². The number of guanidine groups is 1. The van der Waals surface area contributed by atoms with E-state index in [2.05, 4.69) is 34.1 Å². The van der Waals surface area contributed by atoms with Crippen LogP contribution in [-0.4, -0.2) is 48.2 Å². The monoisotopic (exact) mass is 282 g/mol. The van der Waals surface area contributed by atoms with Crippen molar-refractivity contribution in [2.75, 3.05) is 26.2 Å². The molecule has 0 bridgehead atoms. The second-order valence-corrected chi connectivity index (χ2v) is 5.94. The summed E-state index contributed by atoms with van der Waals surface area (Å²) in [5, 5.41) is 3.20. The normalized spacial score (nSPS) is 22.6. The van der Waals surface area contributed by atoms with Crippen molar-refractivity contribution in [1.29, 1.82) is 0 Å². The summed E-state index contributed by atoms with van der Waals surface area (Å²) in [6.07, 6.45) is 0.224. The molecular formula is C13H22N4OS. The fourth-order valence-electron chi connectivity index (χ4n) is 2.03. The van der Waals surface area contributed by atoms with Gasteiger partial charge in [0.25, 0.3) is 0 Å². The number of ether oxygens (including phenoxy) is 1. The van der Waals surface area contributed by atoms with Gasteiger partial charge in [-0.25, -0.2) is 4.98 Å². The van der Waals surface area contributed by atoms with E-state index in [1.54, 1.807) is 11.3 Å². The van der Waals surface area contributed by atoms with Gasteiger partial charge in [0, 0.05) is 30.1 Å². The maximum absolute atomic E-state index is 6.05. The van der Waals surface area contributed by atoms with Gasteiger partial charge >= 0.3 is 0 Å². The summed E-state index contributed by atoms with van der Waals surface area (Å²) in [6, 6.07) is 0. The molecule has 0 radical (unpaired) electrons. The Morgan fingerprint density at radius 3 is 3.16 bits per heavy atom. The van der Waals surface area contributed by atoms with E-state index in [-0.39, 0.29) is 6.10 Å². The Morgan fingerprint density at radius 2 is 2.53 bits per heavy atom. The van der Waals surface area contributed by atoms with Gasteiger partial charge in [-0.15, -0.1) is 11.3 Å². The first kappa shape index (κ1) is 14.3. The second-order valence-electron chi connectivity index (χ2n) is 5.05. The maximum atomic E-state index is 6.05. The number of hydrogen-bond donors (Lipinski definition) is 1. The maximum Gasteiger partial charge on any atom is 0.191 e. The van der Waals surface area contributed by atoms with Gasteiger partial charge in [0.05, 0.1) is 24.3 Å². The summed E-state index contributed by atoms with van der Waals surface area (Å²) in [6.45, 7) is 9.25. The van der Waals surface area contributed by atoms with Gasteiger partial charge < -0.3 is 15.4 Å². The molecule has 2 rings (SSSR count). The molecule has 1 aliphatic heterocycles. The minimum atomic E-state index is 0.224. The second kappa shape index (κ2) is 6.34. The van der Waals surface area contributed by atoms with Crippen LogP contribution in [0, 0.1) is 6.92 Å². The average Bonchev–Trinajstić information content (AvgIpc) is 2.82. The summed E-state index contributed by atoms with van der Waals surface area (Å²) in [7, 11) is 0. The van der Waals surface area contributed by atoms with E-state index in [9.17, 15) is 0 Å². The Labute approximate surface area is 118 Å². The molecule has 1 aromatic heterocycles. The van der Waals surface area contributed by atoms with Gasteiger partial charge in [0.1, 0.15) is 0 Å². The zero-order chi connectivity index (χ0) is 13.8. The number of nitrogens with two attached hydrogens (primary N) is 1. The van der Waals surface area contributed by atoms with Gasteiger partial charge in [0.2, 0.25) is 0 Å². The first-order valence-electron chi connectivity index (χ1n) is 6.64. The molecular weight excluding hydrogens is 260 g/mol. The fraction of sp³-hybridized carbons (Fsp3) is 0.692. The van der Waals surface area contributed by atoms with Crippen LogP contribution < -0.4 is 5.73 Å². The van der Waals surface area contributed by atoms with Crippen LogP contribution in [0.4, 0.5) is 0 Å². The van der Waals surface area contributed by atoms with E-state index in [4.69, 9.17) is 10.5 Å². The van der Waals surface area contributed by atoms with Crippen LogP contribution in [0.5, 0.6) is 0 Å². The van der Waals surface area contributed by atoms with Gasteiger partial charge in [-0.2, -0.15) is 0 Å². The summed E-state index contributed by atoms with van der Waals surface area (Å²) in [5.74, 6) is 0.936. The predicted octanol–water partition coefficient (Wildman–Crippen LogP) is 1.59. The third-order valence-corrected chi connectivity index (χ3v) is 4.34. The Hall–Kier alpha value is -1.14. The zero-order valence-electron chi connectivity index (χ0n) is 11.8. The zero-order valence-corrected chi connectivity index (χ0v) is 12.6. The smallest absolute Gasteiger partial charge is 0.191 e. The first-order chi connectivity index (χ1) is 9.06. The lowest BCUT2D eigenvalue weighted by Crippen LogP contribution is -2.48. The van der Waals surface area contributed by atoms with Gasteiger partial charge in [-0.3, -0.25) is 4.99 Å². The molecule has 2 N–H and O–H groups in total. The van der Waals surface area contributed by atoms with E-state index in [0.29, 0.717) is 18.4 Å². The van der Waals surface area contributed by atoms with Crippen molar-refractivity contribution in [3.8, 4) is 0 Å². The predicted molar refractivity (Wildman–Crippen MR) is 78.7 cm³/mol. The fourth-order valence-corrected chi connectivity index (χ4v) is 2.88. The molecule has 2 unspecified atom stereocenters. The Kier molecular flexibility index (Phi) is 4.76. The number of rotatable bonds is 3. The van der Waals surface area contributed by atoms with Crippen molar-refractivity contribution >= 4 is 17.3 Å². The average molecular weight is 282 g/mol. The lowest BCUT2D eigenvalue weighted by Gasteiger charge is -2.31. The molecule has 0 amide bonds. The van der Waals surface area contributed by atoms with Crippen molar-refractivity contribution in [3.05, 3.63) is 16.1 Å². The number of morpholine rings is 1. The standard InChI is InChI=1S/C13H22N4OS/c1-9(12-16-10(2)8-19-12)6-15-13(14)17-4-5-18-11(3)7-17/h8-9,11H,4-7H2,1-3H3,(H2,14,15). The van der Waals surface area contributed by atoms with Crippen LogP contribution in [0.2, 0.25) is 0 Å². The Bertz CT molecular complexity index is 446. The highest BCUT2D eigenvalue weighted by Gasteiger charge is 2.18. The van der Waals surface area contributed by atoms with Gasteiger partial charge in [0.15, 0.2) is 5.96 Å². The quantitative estimate of drug-likeness (QED) is 0.675. The molecule has 1 fully saturated rings. The van der Waals surface area contributed by atoms with Crippen LogP contribution in [0.3, 0.4) is 0 Å². The molecule has 0 aromatic carbocycles. The third kappa shape index (κ3) is 3.91. The number of thiazole rings is 1. The van der Waals surface area contributed by atoms with Crippen molar-refractivity contribution in [3.63, 3.8) is 0 Å². The topological polar surface area (TPSA) is 63.7 Å². The van der Waals surface area contributed by atoms with Crippen molar-refractivity contribution < 1.29 is 4.74 Å². The largest absolute Gasteiger partial charge is 0.375 e. The first-order valence-corrected chi connectivity index (χ1v) is 7.52. The highest BCUT2D eigenvalue weighted by atomic mass is 32.1. The van der Waals surface area contributed by atoms with Crippen LogP contribution in [0.1, 0.15) is 30.5 Å². The molecule has 1 aliphatic rings. The Balaban J connectivity index is 1.90. The number of aliphatic imine (C=N–C) groups is 1. The molecule has 0 saturated carbocycles. The van der Waals surface area contributed by atoms with Gasteiger partial charge in [-0.1, -0.05) is 6.92 Å². The lowest BCUT2D eigenvalue weighted by atomic mass is 10.2. The van der Waals surface area contributed by atoms with E-state index >= 15 is 0 Å². The van der Waals surface area contributed by atoms with E-state index in [0.717, 1.165) is 30.4 Å². The van der Waals surface area contributed by atoms with Crippen LogP contribution in [0.15, 0.2) is 10.4 Å². The molecule has 6 heteroatoms. The summed E-state index contributed by atoms with van der Waals surface area (Å²) < 4.78 is 5.50. The lowest BCUT2D eigenvalue weighted by molar-refractivity contribution is 0.00529. The van der Waals surface area contributed by atoms with Crippen LogP contribution >= 0.6 is 11.3 Å². The number of aromatic nitrogens is 1. The molecule has 2 heterocycles. The molecule has 0 spiro atoms. The number of nitrogens with zero attached hydrogens (tertiary/aromatic N) is 3. The molecule has 106 valence electrons. The van der Waals surface area contributed by atoms with Crippen LogP contribution in [-0.2, 0) is 4.74 Å².